The number of carbonyl (C=O) groups excluding carboxylic acids is 1. The molecule has 0 radical (unpaired) electrons. The molecule has 100 valence electrons. The summed E-state index contributed by atoms with van der Waals surface area (Å²) in [4.78, 5) is 16.7. The highest BCUT2D eigenvalue weighted by Crippen LogP contribution is 2.34. The van der Waals surface area contributed by atoms with E-state index < -0.39 is 0 Å². The third-order valence-electron chi connectivity index (χ3n) is 4.36. The van der Waals surface area contributed by atoms with Crippen LogP contribution in [0.5, 0.6) is 0 Å². The number of imidazole rings is 1. The third-order valence-corrected chi connectivity index (χ3v) is 4.36. The summed E-state index contributed by atoms with van der Waals surface area (Å²) >= 11 is 0. The molecule has 1 heterocycles. The van der Waals surface area contributed by atoms with E-state index in [1.807, 2.05) is 17.7 Å². The molecule has 3 heteroatoms. The Balaban J connectivity index is 2.00. The van der Waals surface area contributed by atoms with Gasteiger partial charge < -0.3 is 4.57 Å². The highest BCUT2D eigenvalue weighted by Gasteiger charge is 2.29. The quantitative estimate of drug-likeness (QED) is 0.764. The summed E-state index contributed by atoms with van der Waals surface area (Å²) in [6, 6.07) is 0. The first-order valence-corrected chi connectivity index (χ1v) is 7.18. The molecule has 1 fully saturated rings. The van der Waals surface area contributed by atoms with Gasteiger partial charge in [0.1, 0.15) is 0 Å². The molecule has 2 rings (SSSR count). The second-order valence-electron chi connectivity index (χ2n) is 5.76. The van der Waals surface area contributed by atoms with Crippen LogP contribution < -0.4 is 0 Å². The number of carbonyl (C=O) groups is 1. The summed E-state index contributed by atoms with van der Waals surface area (Å²) in [5.74, 6) is 2.67. The predicted molar refractivity (Wildman–Crippen MR) is 72.5 cm³/mol. The minimum absolute atomic E-state index is 0.202. The van der Waals surface area contributed by atoms with E-state index in [0.29, 0.717) is 5.82 Å². The SMILES string of the molecule is CCn1ccnc1C(=O)C1CCC(C(C)C)CC1. The first-order valence-electron chi connectivity index (χ1n) is 7.18. The predicted octanol–water partition coefficient (Wildman–Crippen LogP) is 3.55. The average Bonchev–Trinajstić information content (AvgIpc) is 2.86. The Morgan fingerprint density at radius 3 is 2.61 bits per heavy atom. The fraction of sp³-hybridized carbons (Fsp3) is 0.733. The van der Waals surface area contributed by atoms with Crippen molar-refractivity contribution < 1.29 is 4.79 Å². The lowest BCUT2D eigenvalue weighted by Crippen LogP contribution is -2.26. The molecule has 1 aliphatic carbocycles. The molecule has 0 aliphatic heterocycles. The van der Waals surface area contributed by atoms with Crippen molar-refractivity contribution in [1.29, 1.82) is 0 Å². The molecule has 18 heavy (non-hydrogen) atoms. The number of ketones is 1. The molecule has 0 unspecified atom stereocenters. The van der Waals surface area contributed by atoms with Crippen molar-refractivity contribution in [3.8, 4) is 0 Å². The molecule has 0 N–H and O–H groups in total. The summed E-state index contributed by atoms with van der Waals surface area (Å²) in [6.45, 7) is 7.45. The van der Waals surface area contributed by atoms with Crippen LogP contribution in [-0.2, 0) is 6.54 Å². The standard InChI is InChI=1S/C15H24N2O/c1-4-17-10-9-16-15(17)14(18)13-7-5-12(6-8-13)11(2)3/h9-13H,4-8H2,1-3H3. The number of aromatic nitrogens is 2. The van der Waals surface area contributed by atoms with Gasteiger partial charge in [0.15, 0.2) is 5.82 Å². The molecule has 0 bridgehead atoms. The van der Waals surface area contributed by atoms with E-state index in [9.17, 15) is 4.79 Å². The van der Waals surface area contributed by atoms with Gasteiger partial charge >= 0.3 is 0 Å². The number of hydrogen-bond acceptors (Lipinski definition) is 2. The summed E-state index contributed by atoms with van der Waals surface area (Å²) in [5, 5.41) is 0. The molecule has 0 aromatic carbocycles. The zero-order valence-corrected chi connectivity index (χ0v) is 11.7. The van der Waals surface area contributed by atoms with E-state index in [1.165, 1.54) is 12.8 Å². The number of hydrogen-bond donors (Lipinski definition) is 0. The summed E-state index contributed by atoms with van der Waals surface area (Å²) in [7, 11) is 0. The molecular formula is C15H24N2O. The zero-order chi connectivity index (χ0) is 13.1. The molecule has 1 aliphatic rings. The van der Waals surface area contributed by atoms with Crippen LogP contribution in [0.4, 0.5) is 0 Å². The van der Waals surface area contributed by atoms with E-state index in [2.05, 4.69) is 18.8 Å². The first-order chi connectivity index (χ1) is 8.63. The lowest BCUT2D eigenvalue weighted by atomic mass is 9.75. The van der Waals surface area contributed by atoms with Gasteiger partial charge in [0, 0.05) is 24.9 Å². The molecular weight excluding hydrogens is 224 g/mol. The van der Waals surface area contributed by atoms with E-state index in [4.69, 9.17) is 0 Å². The second kappa shape index (κ2) is 5.68. The smallest absolute Gasteiger partial charge is 0.201 e. The lowest BCUT2D eigenvalue weighted by Gasteiger charge is -2.29. The normalized spacial score (nSPS) is 24.4. The molecule has 3 nitrogen and oxygen atoms in total. The van der Waals surface area contributed by atoms with Crippen LogP contribution in [0.1, 0.15) is 57.1 Å². The molecule has 0 saturated heterocycles. The molecule has 0 amide bonds. The van der Waals surface area contributed by atoms with Crippen molar-refractivity contribution >= 4 is 5.78 Å². The Labute approximate surface area is 110 Å². The molecule has 0 atom stereocenters. The molecule has 0 spiro atoms. The Hall–Kier alpha value is -1.12. The maximum Gasteiger partial charge on any atom is 0.201 e. The number of nitrogens with zero attached hydrogens (tertiary/aromatic N) is 2. The molecule has 1 aromatic heterocycles. The number of aryl methyl sites for hydroxylation is 1. The number of rotatable bonds is 4. The summed E-state index contributed by atoms with van der Waals surface area (Å²) in [5.41, 5.74) is 0. The Bertz CT molecular complexity index is 400. The van der Waals surface area contributed by atoms with Crippen LogP contribution in [-0.4, -0.2) is 15.3 Å². The van der Waals surface area contributed by atoms with Crippen LogP contribution in [0.3, 0.4) is 0 Å². The van der Waals surface area contributed by atoms with Gasteiger partial charge in [-0.25, -0.2) is 4.98 Å². The van der Waals surface area contributed by atoms with Gasteiger partial charge in [-0.1, -0.05) is 13.8 Å². The van der Waals surface area contributed by atoms with Gasteiger partial charge in [0.2, 0.25) is 5.78 Å². The van der Waals surface area contributed by atoms with Gasteiger partial charge in [-0.15, -0.1) is 0 Å². The summed E-state index contributed by atoms with van der Waals surface area (Å²) < 4.78 is 1.96. The monoisotopic (exact) mass is 248 g/mol. The minimum atomic E-state index is 0.202. The zero-order valence-electron chi connectivity index (χ0n) is 11.7. The van der Waals surface area contributed by atoms with Crippen LogP contribution in [0.15, 0.2) is 12.4 Å². The van der Waals surface area contributed by atoms with Crippen LogP contribution in [0.25, 0.3) is 0 Å². The fourth-order valence-corrected chi connectivity index (χ4v) is 3.02. The van der Waals surface area contributed by atoms with Crippen molar-refractivity contribution in [2.75, 3.05) is 0 Å². The maximum absolute atomic E-state index is 12.4. The average molecular weight is 248 g/mol. The Morgan fingerprint density at radius 2 is 2.06 bits per heavy atom. The first kappa shape index (κ1) is 13.3. The van der Waals surface area contributed by atoms with E-state index in [1.54, 1.807) is 6.20 Å². The van der Waals surface area contributed by atoms with Gasteiger partial charge in [0.05, 0.1) is 0 Å². The van der Waals surface area contributed by atoms with Crippen molar-refractivity contribution in [1.82, 2.24) is 9.55 Å². The highest BCUT2D eigenvalue weighted by molar-refractivity contribution is 5.94. The van der Waals surface area contributed by atoms with Crippen molar-refractivity contribution in [2.24, 2.45) is 17.8 Å². The van der Waals surface area contributed by atoms with Crippen molar-refractivity contribution in [3.05, 3.63) is 18.2 Å². The second-order valence-corrected chi connectivity index (χ2v) is 5.76. The van der Waals surface area contributed by atoms with E-state index in [0.717, 1.165) is 31.2 Å². The largest absolute Gasteiger partial charge is 0.329 e. The third kappa shape index (κ3) is 2.65. The van der Waals surface area contributed by atoms with Crippen molar-refractivity contribution in [3.63, 3.8) is 0 Å². The van der Waals surface area contributed by atoms with Gasteiger partial charge in [-0.3, -0.25) is 4.79 Å². The lowest BCUT2D eigenvalue weighted by molar-refractivity contribution is 0.0843. The minimum Gasteiger partial charge on any atom is -0.329 e. The van der Waals surface area contributed by atoms with E-state index in [-0.39, 0.29) is 11.7 Å². The molecule has 1 aromatic rings. The summed E-state index contributed by atoms with van der Waals surface area (Å²) in [6.07, 6.45) is 8.10. The van der Waals surface area contributed by atoms with Gasteiger partial charge in [-0.05, 0) is 44.4 Å². The fourth-order valence-electron chi connectivity index (χ4n) is 3.02. The highest BCUT2D eigenvalue weighted by atomic mass is 16.1. The molecule has 1 saturated carbocycles. The van der Waals surface area contributed by atoms with Crippen LogP contribution in [0.2, 0.25) is 0 Å². The van der Waals surface area contributed by atoms with Gasteiger partial charge in [-0.2, -0.15) is 0 Å². The Kier molecular flexibility index (Phi) is 4.20. The maximum atomic E-state index is 12.4. The Morgan fingerprint density at radius 1 is 1.39 bits per heavy atom. The van der Waals surface area contributed by atoms with Gasteiger partial charge in [0.25, 0.3) is 0 Å². The number of Topliss-reactive ketones (excluding diaryl/α,β-unsaturated/α-hetero) is 1. The van der Waals surface area contributed by atoms with Crippen molar-refractivity contribution in [2.45, 2.75) is 53.0 Å². The van der Waals surface area contributed by atoms with Crippen LogP contribution >= 0.6 is 0 Å². The van der Waals surface area contributed by atoms with Crippen LogP contribution in [0, 0.1) is 17.8 Å². The topological polar surface area (TPSA) is 34.9 Å². The van der Waals surface area contributed by atoms with E-state index >= 15 is 0 Å².